The van der Waals surface area contributed by atoms with Crippen molar-refractivity contribution in [1.29, 1.82) is 0 Å². The Labute approximate surface area is 86.7 Å². The average Bonchev–Trinajstić information content (AvgIpc) is 2.10. The van der Waals surface area contributed by atoms with Crippen molar-refractivity contribution in [3.63, 3.8) is 0 Å². The third kappa shape index (κ3) is 6.89. The van der Waals surface area contributed by atoms with Gasteiger partial charge in [0, 0.05) is 0 Å². The van der Waals surface area contributed by atoms with Crippen LogP contribution in [0.15, 0.2) is 0 Å². The van der Waals surface area contributed by atoms with E-state index in [0.29, 0.717) is 12.5 Å². The van der Waals surface area contributed by atoms with Gasteiger partial charge in [0.15, 0.2) is 0 Å². The average molecular weight is 201 g/mol. The lowest BCUT2D eigenvalue weighted by Gasteiger charge is -2.13. The van der Waals surface area contributed by atoms with Crippen molar-refractivity contribution < 1.29 is 9.90 Å². The van der Waals surface area contributed by atoms with E-state index < -0.39 is 5.97 Å². The summed E-state index contributed by atoms with van der Waals surface area (Å²) in [7, 11) is 0. The SMILES string of the molecule is CC(C)CCC(CCCCN)C(=O)O. The van der Waals surface area contributed by atoms with Gasteiger partial charge in [-0.25, -0.2) is 0 Å². The van der Waals surface area contributed by atoms with Crippen molar-refractivity contribution in [3.8, 4) is 0 Å². The molecule has 0 aromatic carbocycles. The van der Waals surface area contributed by atoms with Crippen LogP contribution in [0.5, 0.6) is 0 Å². The molecular weight excluding hydrogens is 178 g/mol. The largest absolute Gasteiger partial charge is 0.481 e. The Hall–Kier alpha value is -0.570. The Morgan fingerprint density at radius 3 is 2.29 bits per heavy atom. The van der Waals surface area contributed by atoms with E-state index in [1.54, 1.807) is 0 Å². The Kier molecular flexibility index (Phi) is 7.48. The summed E-state index contributed by atoms with van der Waals surface area (Å²) < 4.78 is 0. The highest BCUT2D eigenvalue weighted by Crippen LogP contribution is 2.18. The Morgan fingerprint density at radius 1 is 1.21 bits per heavy atom. The molecular formula is C11H23NO2. The van der Waals surface area contributed by atoms with Crippen molar-refractivity contribution >= 4 is 5.97 Å². The predicted octanol–water partition coefficient (Wildman–Crippen LogP) is 2.25. The van der Waals surface area contributed by atoms with Gasteiger partial charge in [-0.3, -0.25) is 4.79 Å². The van der Waals surface area contributed by atoms with Gasteiger partial charge in [-0.1, -0.05) is 26.7 Å². The van der Waals surface area contributed by atoms with Crippen LogP contribution in [0.2, 0.25) is 0 Å². The lowest BCUT2D eigenvalue weighted by Crippen LogP contribution is -2.15. The van der Waals surface area contributed by atoms with E-state index in [2.05, 4.69) is 13.8 Å². The van der Waals surface area contributed by atoms with Crippen LogP contribution in [0.3, 0.4) is 0 Å². The molecule has 0 bridgehead atoms. The van der Waals surface area contributed by atoms with Gasteiger partial charge in [-0.2, -0.15) is 0 Å². The van der Waals surface area contributed by atoms with Crippen LogP contribution in [0.1, 0.15) is 46.0 Å². The Balaban J connectivity index is 3.72. The van der Waals surface area contributed by atoms with Gasteiger partial charge in [0.2, 0.25) is 0 Å². The summed E-state index contributed by atoms with van der Waals surface area (Å²) in [6.45, 7) is 4.91. The molecule has 14 heavy (non-hydrogen) atoms. The molecule has 0 saturated carbocycles. The number of unbranched alkanes of at least 4 members (excludes halogenated alkanes) is 1. The molecule has 0 spiro atoms. The summed E-state index contributed by atoms with van der Waals surface area (Å²) in [5.41, 5.74) is 5.37. The zero-order valence-corrected chi connectivity index (χ0v) is 9.33. The standard InChI is InChI=1S/C11H23NO2/c1-9(2)6-7-10(11(13)14)5-3-4-8-12/h9-10H,3-8,12H2,1-2H3,(H,13,14). The minimum atomic E-state index is -0.650. The van der Waals surface area contributed by atoms with Crippen LogP contribution >= 0.6 is 0 Å². The molecule has 0 heterocycles. The second kappa shape index (κ2) is 7.80. The molecule has 0 aromatic heterocycles. The first-order valence-corrected chi connectivity index (χ1v) is 5.50. The molecule has 3 N–H and O–H groups in total. The van der Waals surface area contributed by atoms with Gasteiger partial charge in [0.1, 0.15) is 0 Å². The minimum Gasteiger partial charge on any atom is -0.481 e. The first-order valence-electron chi connectivity index (χ1n) is 5.50. The van der Waals surface area contributed by atoms with Crippen molar-refractivity contribution in [2.75, 3.05) is 6.54 Å². The molecule has 0 aliphatic carbocycles. The maximum absolute atomic E-state index is 10.9. The third-order valence-corrected chi connectivity index (χ3v) is 2.45. The lowest BCUT2D eigenvalue weighted by atomic mass is 9.93. The number of carboxylic acids is 1. The smallest absolute Gasteiger partial charge is 0.306 e. The van der Waals surface area contributed by atoms with Crippen LogP contribution in [0, 0.1) is 11.8 Å². The molecule has 0 aliphatic heterocycles. The number of nitrogens with two attached hydrogens (primary N) is 1. The van der Waals surface area contributed by atoms with Gasteiger partial charge in [-0.15, -0.1) is 0 Å². The third-order valence-electron chi connectivity index (χ3n) is 2.45. The van der Waals surface area contributed by atoms with Crippen molar-refractivity contribution in [2.24, 2.45) is 17.6 Å². The highest BCUT2D eigenvalue weighted by molar-refractivity contribution is 5.69. The van der Waals surface area contributed by atoms with Gasteiger partial charge >= 0.3 is 5.97 Å². The van der Waals surface area contributed by atoms with E-state index in [1.807, 2.05) is 0 Å². The van der Waals surface area contributed by atoms with Crippen molar-refractivity contribution in [2.45, 2.75) is 46.0 Å². The fraction of sp³-hybridized carbons (Fsp3) is 0.909. The molecule has 0 aromatic rings. The molecule has 0 fully saturated rings. The quantitative estimate of drug-likeness (QED) is 0.592. The highest BCUT2D eigenvalue weighted by Gasteiger charge is 2.16. The van der Waals surface area contributed by atoms with E-state index in [4.69, 9.17) is 10.8 Å². The second-order valence-electron chi connectivity index (χ2n) is 4.29. The Morgan fingerprint density at radius 2 is 1.86 bits per heavy atom. The molecule has 0 radical (unpaired) electrons. The molecule has 0 rings (SSSR count). The maximum atomic E-state index is 10.9. The van der Waals surface area contributed by atoms with Crippen LogP contribution < -0.4 is 5.73 Å². The number of rotatable bonds is 8. The fourth-order valence-corrected chi connectivity index (χ4v) is 1.46. The van der Waals surface area contributed by atoms with Crippen LogP contribution in [0.25, 0.3) is 0 Å². The monoisotopic (exact) mass is 201 g/mol. The van der Waals surface area contributed by atoms with E-state index >= 15 is 0 Å². The van der Waals surface area contributed by atoms with Crippen LogP contribution in [-0.4, -0.2) is 17.6 Å². The summed E-state index contributed by atoms with van der Waals surface area (Å²) >= 11 is 0. The number of carboxylic acid groups (broad SMARTS) is 1. The maximum Gasteiger partial charge on any atom is 0.306 e. The zero-order valence-electron chi connectivity index (χ0n) is 9.33. The summed E-state index contributed by atoms with van der Waals surface area (Å²) in [6.07, 6.45) is 4.45. The van der Waals surface area contributed by atoms with Gasteiger partial charge in [0.25, 0.3) is 0 Å². The molecule has 3 nitrogen and oxygen atoms in total. The predicted molar refractivity (Wildman–Crippen MR) is 58.1 cm³/mol. The fourth-order valence-electron chi connectivity index (χ4n) is 1.46. The first kappa shape index (κ1) is 13.4. The molecule has 84 valence electrons. The zero-order chi connectivity index (χ0) is 11.0. The number of aliphatic carboxylic acids is 1. The van der Waals surface area contributed by atoms with Gasteiger partial charge in [0.05, 0.1) is 5.92 Å². The van der Waals surface area contributed by atoms with Crippen molar-refractivity contribution in [1.82, 2.24) is 0 Å². The summed E-state index contributed by atoms with van der Waals surface area (Å²) in [5.74, 6) is -0.224. The highest BCUT2D eigenvalue weighted by atomic mass is 16.4. The normalized spacial score (nSPS) is 13.1. The molecule has 1 atom stereocenters. The molecule has 0 amide bonds. The van der Waals surface area contributed by atoms with E-state index in [1.165, 1.54) is 0 Å². The Bertz CT molecular complexity index is 157. The van der Waals surface area contributed by atoms with Gasteiger partial charge in [-0.05, 0) is 31.7 Å². The number of carbonyl (C=O) groups is 1. The topological polar surface area (TPSA) is 63.3 Å². The summed E-state index contributed by atoms with van der Waals surface area (Å²) in [6, 6.07) is 0. The van der Waals surface area contributed by atoms with Crippen LogP contribution in [-0.2, 0) is 4.79 Å². The van der Waals surface area contributed by atoms with E-state index in [9.17, 15) is 4.79 Å². The van der Waals surface area contributed by atoms with Gasteiger partial charge < -0.3 is 10.8 Å². The summed E-state index contributed by atoms with van der Waals surface area (Å²) in [5, 5.41) is 8.95. The van der Waals surface area contributed by atoms with Crippen LogP contribution in [0.4, 0.5) is 0 Å². The number of hydrogen-bond acceptors (Lipinski definition) is 2. The first-order chi connectivity index (χ1) is 6.57. The molecule has 0 aliphatic rings. The molecule has 3 heteroatoms. The lowest BCUT2D eigenvalue weighted by molar-refractivity contribution is -0.142. The minimum absolute atomic E-state index is 0.163. The van der Waals surface area contributed by atoms with E-state index in [0.717, 1.165) is 32.1 Å². The molecule has 1 unspecified atom stereocenters. The van der Waals surface area contributed by atoms with E-state index in [-0.39, 0.29) is 5.92 Å². The second-order valence-corrected chi connectivity index (χ2v) is 4.29. The summed E-state index contributed by atoms with van der Waals surface area (Å²) in [4.78, 5) is 10.9. The number of hydrogen-bond donors (Lipinski definition) is 2. The molecule has 0 saturated heterocycles. The van der Waals surface area contributed by atoms with Crippen molar-refractivity contribution in [3.05, 3.63) is 0 Å².